The van der Waals surface area contributed by atoms with Crippen LogP contribution in [0.15, 0.2) is 60.9 Å². The molecule has 1 aromatic carbocycles. The van der Waals surface area contributed by atoms with Gasteiger partial charge in [-0.05, 0) is 52.0 Å². The maximum atomic E-state index is 12.1. The largest absolute Gasteiger partial charge is 0.364 e. The number of hydrogen-bond donors (Lipinski definition) is 1. The first-order valence-electron chi connectivity index (χ1n) is 8.44. The molecule has 0 radical (unpaired) electrons. The third-order valence-corrected chi connectivity index (χ3v) is 3.61. The molecule has 3 rings (SSSR count). The van der Waals surface area contributed by atoms with E-state index < -0.39 is 0 Å². The quantitative estimate of drug-likeness (QED) is 0.908. The van der Waals surface area contributed by atoms with Crippen molar-refractivity contribution in [1.82, 2.24) is 15.4 Å². The summed E-state index contributed by atoms with van der Waals surface area (Å²) in [6, 6.07) is 14.8. The maximum Gasteiger partial charge on any atom is 0.357 e. The van der Waals surface area contributed by atoms with Crippen molar-refractivity contribution in [1.29, 1.82) is 0 Å². The zero-order valence-corrected chi connectivity index (χ0v) is 15.4. The van der Waals surface area contributed by atoms with Crippen LogP contribution in [0.4, 0.5) is 0 Å². The Morgan fingerprint density at radius 2 is 1.48 bits per heavy atom. The van der Waals surface area contributed by atoms with Crippen LogP contribution < -0.4 is 5.32 Å². The Morgan fingerprint density at radius 3 is 1.92 bits per heavy atom. The molecule has 0 unspecified atom stereocenters. The van der Waals surface area contributed by atoms with Crippen molar-refractivity contribution in [2.45, 2.75) is 38.8 Å². The number of nitrogens with zero attached hydrogens (tertiary/aromatic N) is 2. The molecule has 0 spiro atoms. The lowest BCUT2D eigenvalue weighted by Crippen LogP contribution is -2.66. The van der Waals surface area contributed by atoms with Gasteiger partial charge in [-0.15, -0.1) is 5.06 Å². The van der Waals surface area contributed by atoms with E-state index in [9.17, 15) is 4.79 Å². The molecule has 2 heterocycles. The van der Waals surface area contributed by atoms with Gasteiger partial charge in [0.1, 0.15) is 0 Å². The third-order valence-electron chi connectivity index (χ3n) is 3.61. The van der Waals surface area contributed by atoms with Crippen molar-refractivity contribution in [2.75, 3.05) is 13.1 Å². The first-order valence-corrected chi connectivity index (χ1v) is 8.44. The summed E-state index contributed by atoms with van der Waals surface area (Å²) >= 11 is 0. The summed E-state index contributed by atoms with van der Waals surface area (Å²) in [7, 11) is 0. The van der Waals surface area contributed by atoms with Crippen LogP contribution in [0.25, 0.3) is 0 Å². The van der Waals surface area contributed by atoms with E-state index in [1.54, 1.807) is 29.6 Å². The van der Waals surface area contributed by atoms with Crippen LogP contribution in [0, 0.1) is 0 Å². The van der Waals surface area contributed by atoms with Crippen LogP contribution in [0.2, 0.25) is 0 Å². The Morgan fingerprint density at radius 1 is 0.960 bits per heavy atom. The van der Waals surface area contributed by atoms with Crippen molar-refractivity contribution >= 4 is 5.97 Å². The molecule has 0 saturated carbocycles. The average molecular weight is 341 g/mol. The average Bonchev–Trinajstić information content (AvgIpc) is 2.55. The Kier molecular flexibility index (Phi) is 6.28. The second-order valence-corrected chi connectivity index (χ2v) is 7.46. The lowest BCUT2D eigenvalue weighted by Gasteiger charge is -2.46. The highest BCUT2D eigenvalue weighted by Gasteiger charge is 2.38. The molecular formula is C20H27N3O2. The molecule has 0 amide bonds. The molecule has 25 heavy (non-hydrogen) atoms. The molecule has 0 bridgehead atoms. The number of aromatic nitrogens is 1. The number of benzene rings is 1. The van der Waals surface area contributed by atoms with E-state index in [-0.39, 0.29) is 17.0 Å². The zero-order chi connectivity index (χ0) is 18.3. The monoisotopic (exact) mass is 341 g/mol. The minimum atomic E-state index is -0.297. The molecule has 1 N–H and O–H groups in total. The van der Waals surface area contributed by atoms with Gasteiger partial charge >= 0.3 is 5.97 Å². The van der Waals surface area contributed by atoms with Crippen LogP contribution >= 0.6 is 0 Å². The number of piperazine rings is 1. The van der Waals surface area contributed by atoms with Gasteiger partial charge < -0.3 is 10.2 Å². The zero-order valence-electron chi connectivity index (χ0n) is 15.4. The number of carbonyl (C=O) groups is 1. The summed E-state index contributed by atoms with van der Waals surface area (Å²) in [6.07, 6.45) is 3.50. The molecule has 5 heteroatoms. The van der Waals surface area contributed by atoms with Crippen molar-refractivity contribution in [2.24, 2.45) is 0 Å². The summed E-state index contributed by atoms with van der Waals surface area (Å²) < 4.78 is 0. The van der Waals surface area contributed by atoms with Crippen molar-refractivity contribution in [3.8, 4) is 0 Å². The Balaban J connectivity index is 0.000000316. The summed E-state index contributed by atoms with van der Waals surface area (Å²) in [4.78, 5) is 21.3. The molecule has 0 atom stereocenters. The van der Waals surface area contributed by atoms with Gasteiger partial charge in [0.2, 0.25) is 0 Å². The summed E-state index contributed by atoms with van der Waals surface area (Å²) in [5.74, 6) is -0.297. The molecule has 1 fully saturated rings. The van der Waals surface area contributed by atoms with Gasteiger partial charge in [0.05, 0.1) is 18.7 Å². The summed E-state index contributed by atoms with van der Waals surface area (Å²) in [5.41, 5.74) is 0.411. The Hall–Kier alpha value is -2.24. The first kappa shape index (κ1) is 19.1. The van der Waals surface area contributed by atoms with Gasteiger partial charge in [-0.1, -0.05) is 24.3 Å². The van der Waals surface area contributed by atoms with Gasteiger partial charge in [-0.25, -0.2) is 4.79 Å². The second-order valence-electron chi connectivity index (χ2n) is 7.46. The topological polar surface area (TPSA) is 54.5 Å². The minimum absolute atomic E-state index is 0.0846. The van der Waals surface area contributed by atoms with Crippen LogP contribution in [-0.2, 0) is 4.84 Å². The van der Waals surface area contributed by atoms with E-state index in [1.807, 2.05) is 36.4 Å². The second kappa shape index (κ2) is 8.23. The summed E-state index contributed by atoms with van der Waals surface area (Å²) in [6.45, 7) is 9.78. The molecule has 1 aliphatic rings. The number of hydroxylamine groups is 2. The highest BCUT2D eigenvalue weighted by molar-refractivity contribution is 5.89. The van der Waals surface area contributed by atoms with E-state index in [0.29, 0.717) is 18.7 Å². The minimum Gasteiger partial charge on any atom is -0.364 e. The number of hydrogen-bond acceptors (Lipinski definition) is 5. The van der Waals surface area contributed by atoms with Gasteiger partial charge in [-0.2, -0.15) is 0 Å². The highest BCUT2D eigenvalue weighted by atomic mass is 16.7. The fourth-order valence-electron chi connectivity index (χ4n) is 3.05. The maximum absolute atomic E-state index is 12.1. The standard InChI is InChI=1S/C15H22N2O2.C5H5N/c1-14(2)10-17(11-15(3,4)16-14)19-13(18)12-8-6-5-7-9-12;1-2-4-6-5-3-1/h5-9,16H,10-11H2,1-4H3;1-5H. The smallest absolute Gasteiger partial charge is 0.357 e. The molecule has 134 valence electrons. The Bertz CT molecular complexity index is 614. The summed E-state index contributed by atoms with van der Waals surface area (Å²) in [5, 5.41) is 5.30. The normalized spacial score (nSPS) is 18.6. The fraction of sp³-hybridized carbons (Fsp3) is 0.400. The SMILES string of the molecule is CC1(C)CN(OC(=O)c2ccccc2)CC(C)(C)N1.c1ccncc1. The molecule has 1 saturated heterocycles. The predicted octanol–water partition coefficient (Wildman–Crippen LogP) is 3.30. The van der Waals surface area contributed by atoms with Gasteiger partial charge in [0.15, 0.2) is 0 Å². The molecule has 1 aromatic heterocycles. The van der Waals surface area contributed by atoms with Crippen molar-refractivity contribution < 1.29 is 9.63 Å². The van der Waals surface area contributed by atoms with Crippen LogP contribution in [0.1, 0.15) is 38.1 Å². The van der Waals surface area contributed by atoms with Gasteiger partial charge in [0, 0.05) is 23.5 Å². The van der Waals surface area contributed by atoms with E-state index in [1.165, 1.54) is 0 Å². The number of carbonyl (C=O) groups excluding carboxylic acids is 1. The van der Waals surface area contributed by atoms with E-state index >= 15 is 0 Å². The number of nitrogens with one attached hydrogen (secondary N) is 1. The Labute approximate surface area is 150 Å². The van der Waals surface area contributed by atoms with E-state index in [2.05, 4.69) is 38.0 Å². The van der Waals surface area contributed by atoms with Gasteiger partial charge in [-0.3, -0.25) is 4.98 Å². The van der Waals surface area contributed by atoms with Crippen LogP contribution in [0.5, 0.6) is 0 Å². The predicted molar refractivity (Wildman–Crippen MR) is 99.0 cm³/mol. The number of pyridine rings is 1. The lowest BCUT2D eigenvalue weighted by molar-refractivity contribution is -0.152. The third kappa shape index (κ3) is 6.64. The fourth-order valence-corrected chi connectivity index (χ4v) is 3.05. The van der Waals surface area contributed by atoms with E-state index in [0.717, 1.165) is 0 Å². The molecular weight excluding hydrogens is 314 g/mol. The molecule has 1 aliphatic heterocycles. The molecule has 0 aliphatic carbocycles. The van der Waals surface area contributed by atoms with E-state index in [4.69, 9.17) is 4.84 Å². The number of rotatable bonds is 2. The van der Waals surface area contributed by atoms with Crippen molar-refractivity contribution in [3.05, 3.63) is 66.5 Å². The van der Waals surface area contributed by atoms with Gasteiger partial charge in [0.25, 0.3) is 0 Å². The van der Waals surface area contributed by atoms with Crippen molar-refractivity contribution in [3.63, 3.8) is 0 Å². The van der Waals surface area contributed by atoms with Crippen LogP contribution in [-0.4, -0.2) is 40.2 Å². The van der Waals surface area contributed by atoms with Crippen LogP contribution in [0.3, 0.4) is 0 Å². The first-order chi connectivity index (χ1) is 11.8. The molecule has 5 nitrogen and oxygen atoms in total. The molecule has 2 aromatic rings. The highest BCUT2D eigenvalue weighted by Crippen LogP contribution is 2.21. The lowest BCUT2D eigenvalue weighted by atomic mass is 9.93.